The molecule has 0 radical (unpaired) electrons. The maximum absolute atomic E-state index is 12.2. The fourth-order valence-electron chi connectivity index (χ4n) is 2.93. The predicted octanol–water partition coefficient (Wildman–Crippen LogP) is 2.99. The fraction of sp³-hybridized carbons (Fsp3) is 0.250. The molecular weight excluding hydrogens is 296 g/mol. The molecule has 0 spiro atoms. The third kappa shape index (κ3) is 2.40. The molecule has 1 aliphatic heterocycles. The molecule has 2 aromatic rings. The summed E-state index contributed by atoms with van der Waals surface area (Å²) in [5.41, 5.74) is 4.89. The Bertz CT molecular complexity index is 864. The van der Waals surface area contributed by atoms with Gasteiger partial charge in [0.15, 0.2) is 0 Å². The molecule has 0 saturated carbocycles. The van der Waals surface area contributed by atoms with E-state index in [-0.39, 0.29) is 11.6 Å². The van der Waals surface area contributed by atoms with Crippen molar-refractivity contribution in [2.75, 3.05) is 5.32 Å². The van der Waals surface area contributed by atoms with E-state index in [1.165, 1.54) is 11.6 Å². The zero-order valence-electron chi connectivity index (χ0n) is 13.1. The standard InChI is InChI=1S/C16H16N4O3/c1-4-11-8(2)14(18-9(11)3)6-13-12-5-10(20(22)23)7-17-15(12)19-16(13)21/h5-7,18H,4H2,1-3H3,(H,17,19,21). The second-order valence-electron chi connectivity index (χ2n) is 5.48. The minimum Gasteiger partial charge on any atom is -0.359 e. The number of hydrogen-bond donors (Lipinski definition) is 2. The Morgan fingerprint density at radius 2 is 2.13 bits per heavy atom. The molecule has 2 N–H and O–H groups in total. The number of nitro groups is 1. The maximum atomic E-state index is 12.2. The van der Waals surface area contributed by atoms with Gasteiger partial charge in [0.2, 0.25) is 0 Å². The summed E-state index contributed by atoms with van der Waals surface area (Å²) in [7, 11) is 0. The normalized spacial score (nSPS) is 14.9. The average Bonchev–Trinajstić information content (AvgIpc) is 2.96. The third-order valence-electron chi connectivity index (χ3n) is 4.12. The molecule has 23 heavy (non-hydrogen) atoms. The van der Waals surface area contributed by atoms with Crippen molar-refractivity contribution in [3.8, 4) is 0 Å². The molecule has 0 aliphatic carbocycles. The molecule has 7 nitrogen and oxygen atoms in total. The number of amides is 1. The van der Waals surface area contributed by atoms with Crippen LogP contribution in [-0.2, 0) is 11.2 Å². The molecule has 0 fully saturated rings. The van der Waals surface area contributed by atoms with Gasteiger partial charge >= 0.3 is 0 Å². The molecule has 0 bridgehead atoms. The number of carbonyl (C=O) groups excluding carboxylic acids is 1. The number of carbonyl (C=O) groups is 1. The summed E-state index contributed by atoms with van der Waals surface area (Å²) < 4.78 is 0. The highest BCUT2D eigenvalue weighted by Gasteiger charge is 2.28. The molecule has 118 valence electrons. The van der Waals surface area contributed by atoms with Crippen LogP contribution in [0.15, 0.2) is 12.3 Å². The number of hydrogen-bond acceptors (Lipinski definition) is 4. The molecule has 0 unspecified atom stereocenters. The molecule has 2 aromatic heterocycles. The molecule has 3 heterocycles. The van der Waals surface area contributed by atoms with E-state index in [1.807, 2.05) is 13.8 Å². The van der Waals surface area contributed by atoms with Crippen LogP contribution in [0.5, 0.6) is 0 Å². The van der Waals surface area contributed by atoms with Gasteiger partial charge in [-0.25, -0.2) is 4.98 Å². The number of nitrogens with zero attached hydrogens (tertiary/aromatic N) is 2. The Morgan fingerprint density at radius 3 is 2.74 bits per heavy atom. The number of nitrogens with one attached hydrogen (secondary N) is 2. The quantitative estimate of drug-likeness (QED) is 0.517. The Hall–Kier alpha value is -2.96. The van der Waals surface area contributed by atoms with E-state index < -0.39 is 4.92 Å². The number of aryl methyl sites for hydroxylation is 1. The monoisotopic (exact) mass is 312 g/mol. The summed E-state index contributed by atoms with van der Waals surface area (Å²) in [5, 5.41) is 13.6. The van der Waals surface area contributed by atoms with Gasteiger partial charge in [0.1, 0.15) is 12.0 Å². The van der Waals surface area contributed by atoms with Crippen molar-refractivity contribution in [2.45, 2.75) is 27.2 Å². The van der Waals surface area contributed by atoms with E-state index in [0.29, 0.717) is 17.0 Å². The highest BCUT2D eigenvalue weighted by molar-refractivity contribution is 6.34. The smallest absolute Gasteiger partial charge is 0.288 e. The van der Waals surface area contributed by atoms with Gasteiger partial charge in [-0.15, -0.1) is 0 Å². The van der Waals surface area contributed by atoms with Crippen molar-refractivity contribution in [2.24, 2.45) is 0 Å². The summed E-state index contributed by atoms with van der Waals surface area (Å²) in [5.74, 6) is 0.0428. The van der Waals surface area contributed by atoms with Gasteiger partial charge < -0.3 is 10.3 Å². The molecule has 0 atom stereocenters. The first-order valence-corrected chi connectivity index (χ1v) is 7.28. The first-order valence-electron chi connectivity index (χ1n) is 7.28. The number of aromatic nitrogens is 2. The van der Waals surface area contributed by atoms with Crippen molar-refractivity contribution < 1.29 is 9.72 Å². The lowest BCUT2D eigenvalue weighted by atomic mass is 10.0. The molecule has 0 saturated heterocycles. The van der Waals surface area contributed by atoms with E-state index in [2.05, 4.69) is 22.2 Å². The summed E-state index contributed by atoms with van der Waals surface area (Å²) in [4.78, 5) is 29.8. The van der Waals surface area contributed by atoms with E-state index in [9.17, 15) is 14.9 Å². The Kier molecular flexibility index (Phi) is 3.48. The molecule has 1 amide bonds. The SMILES string of the molecule is CCc1c(C)[nH]c(C=C2C(=O)Nc3ncc([N+](=O)[O-])cc32)c1C. The number of anilines is 1. The molecule has 1 aliphatic rings. The highest BCUT2D eigenvalue weighted by Crippen LogP contribution is 2.34. The third-order valence-corrected chi connectivity index (χ3v) is 4.12. The van der Waals surface area contributed by atoms with Crippen molar-refractivity contribution in [3.05, 3.63) is 50.5 Å². The number of pyridine rings is 1. The number of fused-ring (bicyclic) bond motifs is 1. The van der Waals surface area contributed by atoms with Crippen LogP contribution in [0.4, 0.5) is 11.5 Å². The van der Waals surface area contributed by atoms with Crippen LogP contribution in [0.1, 0.15) is 35.0 Å². The Morgan fingerprint density at radius 1 is 1.39 bits per heavy atom. The van der Waals surface area contributed by atoms with Gasteiger partial charge in [-0.2, -0.15) is 0 Å². The molecular formula is C16H16N4O3. The fourth-order valence-corrected chi connectivity index (χ4v) is 2.93. The van der Waals surface area contributed by atoms with Gasteiger partial charge in [-0.1, -0.05) is 6.92 Å². The van der Waals surface area contributed by atoms with Gasteiger partial charge in [0, 0.05) is 23.0 Å². The number of rotatable bonds is 3. The van der Waals surface area contributed by atoms with E-state index >= 15 is 0 Å². The topological polar surface area (TPSA) is 101 Å². The number of H-pyrrole nitrogens is 1. The van der Waals surface area contributed by atoms with Gasteiger partial charge in [0.25, 0.3) is 11.6 Å². The zero-order chi connectivity index (χ0) is 16.7. The second-order valence-corrected chi connectivity index (χ2v) is 5.48. The number of aromatic amines is 1. The van der Waals surface area contributed by atoms with Crippen molar-refractivity contribution >= 4 is 29.1 Å². The summed E-state index contributed by atoms with van der Waals surface area (Å²) >= 11 is 0. The van der Waals surface area contributed by atoms with Gasteiger partial charge in [0.05, 0.1) is 10.5 Å². The first kappa shape index (κ1) is 15.0. The van der Waals surface area contributed by atoms with Crippen LogP contribution in [0.2, 0.25) is 0 Å². The largest absolute Gasteiger partial charge is 0.359 e. The first-order chi connectivity index (χ1) is 10.9. The van der Waals surface area contributed by atoms with Crippen molar-refractivity contribution in [1.29, 1.82) is 0 Å². The van der Waals surface area contributed by atoms with E-state index in [0.717, 1.165) is 29.6 Å². The molecule has 7 heteroatoms. The van der Waals surface area contributed by atoms with Crippen molar-refractivity contribution in [3.63, 3.8) is 0 Å². The summed E-state index contributed by atoms with van der Waals surface area (Å²) in [6.07, 6.45) is 3.77. The van der Waals surface area contributed by atoms with Crippen LogP contribution >= 0.6 is 0 Å². The van der Waals surface area contributed by atoms with Gasteiger partial charge in [-0.05, 0) is 37.5 Å². The molecule has 3 rings (SSSR count). The van der Waals surface area contributed by atoms with Crippen molar-refractivity contribution in [1.82, 2.24) is 9.97 Å². The molecule has 0 aromatic carbocycles. The maximum Gasteiger partial charge on any atom is 0.288 e. The minimum absolute atomic E-state index is 0.139. The lowest BCUT2D eigenvalue weighted by Crippen LogP contribution is -2.04. The highest BCUT2D eigenvalue weighted by atomic mass is 16.6. The zero-order valence-corrected chi connectivity index (χ0v) is 13.1. The van der Waals surface area contributed by atoms with Crippen LogP contribution in [0, 0.1) is 24.0 Å². The van der Waals surface area contributed by atoms with Crippen LogP contribution < -0.4 is 5.32 Å². The van der Waals surface area contributed by atoms with Crippen LogP contribution in [0.25, 0.3) is 11.6 Å². The summed E-state index contributed by atoms with van der Waals surface area (Å²) in [6, 6.07) is 1.37. The van der Waals surface area contributed by atoms with Crippen LogP contribution in [-0.4, -0.2) is 20.8 Å². The van der Waals surface area contributed by atoms with Gasteiger partial charge in [-0.3, -0.25) is 14.9 Å². The Balaban J connectivity index is 2.13. The predicted molar refractivity (Wildman–Crippen MR) is 87.0 cm³/mol. The lowest BCUT2D eigenvalue weighted by Gasteiger charge is -1.99. The van der Waals surface area contributed by atoms with E-state index in [1.54, 1.807) is 6.08 Å². The van der Waals surface area contributed by atoms with E-state index in [4.69, 9.17) is 0 Å². The Labute approximate surface area is 132 Å². The lowest BCUT2D eigenvalue weighted by molar-refractivity contribution is -0.385. The minimum atomic E-state index is -0.521. The van der Waals surface area contributed by atoms with Crippen LogP contribution in [0.3, 0.4) is 0 Å². The summed E-state index contributed by atoms with van der Waals surface area (Å²) in [6.45, 7) is 6.06. The average molecular weight is 312 g/mol. The second kappa shape index (κ2) is 5.35.